The SMILES string of the molecule is CCCCOCCCN=C(NCC)NCCCCN1CCCC1. The molecule has 1 heterocycles. The first-order valence-electron chi connectivity index (χ1n) is 9.69. The lowest BCUT2D eigenvalue weighted by molar-refractivity contribution is 0.130. The summed E-state index contributed by atoms with van der Waals surface area (Å²) in [6.45, 7) is 12.6. The predicted molar refractivity (Wildman–Crippen MR) is 99.2 cm³/mol. The largest absolute Gasteiger partial charge is 0.381 e. The van der Waals surface area contributed by atoms with Crippen molar-refractivity contribution in [3.63, 3.8) is 0 Å². The average molecular weight is 327 g/mol. The Balaban J connectivity index is 2.01. The lowest BCUT2D eigenvalue weighted by atomic mass is 10.3. The topological polar surface area (TPSA) is 48.9 Å². The van der Waals surface area contributed by atoms with Gasteiger partial charge in [-0.3, -0.25) is 4.99 Å². The van der Waals surface area contributed by atoms with Crippen LogP contribution in [0.3, 0.4) is 0 Å². The minimum absolute atomic E-state index is 0.818. The Labute approximate surface area is 143 Å². The number of nitrogens with zero attached hydrogens (tertiary/aromatic N) is 2. The predicted octanol–water partition coefficient (Wildman–Crippen LogP) is 2.62. The molecule has 23 heavy (non-hydrogen) atoms. The molecule has 0 unspecified atom stereocenters. The van der Waals surface area contributed by atoms with E-state index in [0.717, 1.165) is 51.6 Å². The van der Waals surface area contributed by atoms with E-state index in [2.05, 4.69) is 34.4 Å². The number of rotatable bonds is 13. The third kappa shape index (κ3) is 11.4. The van der Waals surface area contributed by atoms with E-state index < -0.39 is 0 Å². The minimum Gasteiger partial charge on any atom is -0.381 e. The van der Waals surface area contributed by atoms with Crippen LogP contribution >= 0.6 is 0 Å². The maximum atomic E-state index is 5.56. The second kappa shape index (κ2) is 14.8. The molecule has 0 saturated carbocycles. The quantitative estimate of drug-likeness (QED) is 0.310. The Morgan fingerprint density at radius 2 is 1.78 bits per heavy atom. The maximum absolute atomic E-state index is 5.56. The van der Waals surface area contributed by atoms with Crippen molar-refractivity contribution in [3.05, 3.63) is 0 Å². The van der Waals surface area contributed by atoms with Crippen LogP contribution < -0.4 is 10.6 Å². The second-order valence-corrected chi connectivity index (χ2v) is 6.26. The van der Waals surface area contributed by atoms with E-state index in [1.807, 2.05) is 0 Å². The lowest BCUT2D eigenvalue weighted by Gasteiger charge is -2.15. The van der Waals surface area contributed by atoms with Crippen LogP contribution in [0.4, 0.5) is 0 Å². The second-order valence-electron chi connectivity index (χ2n) is 6.26. The fourth-order valence-electron chi connectivity index (χ4n) is 2.72. The molecule has 2 N–H and O–H groups in total. The number of nitrogens with one attached hydrogen (secondary N) is 2. The highest BCUT2D eigenvalue weighted by atomic mass is 16.5. The van der Waals surface area contributed by atoms with E-state index in [4.69, 9.17) is 4.74 Å². The summed E-state index contributed by atoms with van der Waals surface area (Å²) in [7, 11) is 0. The van der Waals surface area contributed by atoms with Crippen molar-refractivity contribution in [2.45, 2.75) is 58.8 Å². The van der Waals surface area contributed by atoms with Crippen molar-refractivity contribution in [3.8, 4) is 0 Å². The molecule has 0 spiro atoms. The van der Waals surface area contributed by atoms with E-state index in [0.29, 0.717) is 0 Å². The van der Waals surface area contributed by atoms with Gasteiger partial charge < -0.3 is 20.3 Å². The van der Waals surface area contributed by atoms with Gasteiger partial charge in [-0.15, -0.1) is 0 Å². The van der Waals surface area contributed by atoms with Crippen molar-refractivity contribution in [2.24, 2.45) is 4.99 Å². The van der Waals surface area contributed by atoms with Crippen LogP contribution in [-0.4, -0.2) is 63.3 Å². The van der Waals surface area contributed by atoms with E-state index in [1.54, 1.807) is 0 Å². The minimum atomic E-state index is 0.818. The van der Waals surface area contributed by atoms with Crippen LogP contribution in [0.25, 0.3) is 0 Å². The molecule has 0 aromatic heterocycles. The summed E-state index contributed by atoms with van der Waals surface area (Å²) < 4.78 is 5.56. The summed E-state index contributed by atoms with van der Waals surface area (Å²) in [4.78, 5) is 7.19. The zero-order valence-corrected chi connectivity index (χ0v) is 15.4. The lowest BCUT2D eigenvalue weighted by Crippen LogP contribution is -2.38. The van der Waals surface area contributed by atoms with E-state index in [-0.39, 0.29) is 0 Å². The van der Waals surface area contributed by atoms with Crippen molar-refractivity contribution in [2.75, 3.05) is 52.5 Å². The molecule has 0 bridgehead atoms. The molecule has 0 radical (unpaired) electrons. The fraction of sp³-hybridized carbons (Fsp3) is 0.944. The molecule has 0 amide bonds. The Hall–Kier alpha value is -0.810. The van der Waals surface area contributed by atoms with Crippen LogP contribution in [0.2, 0.25) is 0 Å². The van der Waals surface area contributed by atoms with Gasteiger partial charge in [0.2, 0.25) is 0 Å². The third-order valence-corrected chi connectivity index (χ3v) is 4.10. The standard InChI is InChI=1S/C18H38N4O/c1-3-5-16-23-17-10-12-21-18(19-4-2)20-11-6-7-13-22-14-8-9-15-22/h3-17H2,1-2H3,(H2,19,20,21). The molecular formula is C18H38N4O. The van der Waals surface area contributed by atoms with Crippen LogP contribution in [0, 0.1) is 0 Å². The van der Waals surface area contributed by atoms with Crippen molar-refractivity contribution >= 4 is 5.96 Å². The molecule has 0 aromatic rings. The van der Waals surface area contributed by atoms with Gasteiger partial charge >= 0.3 is 0 Å². The van der Waals surface area contributed by atoms with Crippen LogP contribution in [0.1, 0.15) is 58.8 Å². The van der Waals surface area contributed by atoms with Gasteiger partial charge in [0, 0.05) is 32.8 Å². The molecule has 136 valence electrons. The van der Waals surface area contributed by atoms with Gasteiger partial charge in [0.1, 0.15) is 0 Å². The van der Waals surface area contributed by atoms with E-state index in [1.165, 1.54) is 51.7 Å². The van der Waals surface area contributed by atoms with Gasteiger partial charge in [0.15, 0.2) is 5.96 Å². The Kier molecular flexibility index (Phi) is 13.0. The number of likely N-dealkylation sites (tertiary alicyclic amines) is 1. The number of ether oxygens (including phenoxy) is 1. The average Bonchev–Trinajstić information content (AvgIpc) is 3.07. The molecule has 5 nitrogen and oxygen atoms in total. The Morgan fingerprint density at radius 3 is 2.52 bits per heavy atom. The first kappa shape index (κ1) is 20.2. The van der Waals surface area contributed by atoms with Crippen LogP contribution in [0.15, 0.2) is 4.99 Å². The highest BCUT2D eigenvalue weighted by Crippen LogP contribution is 2.07. The molecular weight excluding hydrogens is 288 g/mol. The molecule has 0 aromatic carbocycles. The van der Waals surface area contributed by atoms with E-state index >= 15 is 0 Å². The molecule has 0 atom stereocenters. The van der Waals surface area contributed by atoms with Crippen LogP contribution in [-0.2, 0) is 4.74 Å². The highest BCUT2D eigenvalue weighted by Gasteiger charge is 2.09. The first-order chi connectivity index (χ1) is 11.4. The smallest absolute Gasteiger partial charge is 0.191 e. The normalized spacial score (nSPS) is 16.0. The zero-order valence-electron chi connectivity index (χ0n) is 15.4. The molecule has 1 saturated heterocycles. The van der Waals surface area contributed by atoms with E-state index in [9.17, 15) is 0 Å². The third-order valence-electron chi connectivity index (χ3n) is 4.10. The van der Waals surface area contributed by atoms with Gasteiger partial charge in [0.25, 0.3) is 0 Å². The Bertz CT molecular complexity index is 291. The summed E-state index contributed by atoms with van der Waals surface area (Å²) in [6.07, 6.45) is 8.61. The molecule has 5 heteroatoms. The highest BCUT2D eigenvalue weighted by molar-refractivity contribution is 5.79. The van der Waals surface area contributed by atoms with Crippen LogP contribution in [0.5, 0.6) is 0 Å². The van der Waals surface area contributed by atoms with Crippen molar-refractivity contribution < 1.29 is 4.74 Å². The maximum Gasteiger partial charge on any atom is 0.191 e. The zero-order chi connectivity index (χ0) is 16.6. The summed E-state index contributed by atoms with van der Waals surface area (Å²) in [5.41, 5.74) is 0. The van der Waals surface area contributed by atoms with Crippen molar-refractivity contribution in [1.29, 1.82) is 0 Å². The summed E-state index contributed by atoms with van der Waals surface area (Å²) in [5, 5.41) is 6.75. The number of unbranched alkanes of at least 4 members (excludes halogenated alkanes) is 2. The van der Waals surface area contributed by atoms with Gasteiger partial charge in [-0.05, 0) is 65.1 Å². The molecule has 1 aliphatic heterocycles. The Morgan fingerprint density at radius 1 is 1.00 bits per heavy atom. The summed E-state index contributed by atoms with van der Waals surface area (Å²) in [5.74, 6) is 0.947. The van der Waals surface area contributed by atoms with Gasteiger partial charge in [0.05, 0.1) is 0 Å². The van der Waals surface area contributed by atoms with Gasteiger partial charge in [-0.2, -0.15) is 0 Å². The monoisotopic (exact) mass is 326 g/mol. The number of hydrogen-bond donors (Lipinski definition) is 2. The molecule has 1 fully saturated rings. The first-order valence-corrected chi connectivity index (χ1v) is 9.69. The summed E-state index contributed by atoms with van der Waals surface area (Å²) >= 11 is 0. The van der Waals surface area contributed by atoms with Crippen molar-refractivity contribution in [1.82, 2.24) is 15.5 Å². The number of guanidine groups is 1. The van der Waals surface area contributed by atoms with Gasteiger partial charge in [-0.1, -0.05) is 13.3 Å². The molecule has 1 rings (SSSR count). The summed E-state index contributed by atoms with van der Waals surface area (Å²) in [6, 6.07) is 0. The molecule has 1 aliphatic rings. The number of hydrogen-bond acceptors (Lipinski definition) is 3. The molecule has 0 aliphatic carbocycles. The fourth-order valence-corrected chi connectivity index (χ4v) is 2.72. The van der Waals surface area contributed by atoms with Gasteiger partial charge in [-0.25, -0.2) is 0 Å². The number of aliphatic imine (C=N–C) groups is 1.